The summed E-state index contributed by atoms with van der Waals surface area (Å²) in [7, 11) is 0. The Morgan fingerprint density at radius 2 is 1.83 bits per heavy atom. The zero-order valence-corrected chi connectivity index (χ0v) is 16.8. The van der Waals surface area contributed by atoms with Gasteiger partial charge in [0.2, 0.25) is 5.91 Å². The van der Waals surface area contributed by atoms with Gasteiger partial charge in [0.05, 0.1) is 11.7 Å². The normalized spacial score (nSPS) is 19.6. The second-order valence-corrected chi connectivity index (χ2v) is 7.52. The third-order valence-electron chi connectivity index (χ3n) is 5.42. The molecule has 2 N–H and O–H groups in total. The molecule has 4 rings (SSSR count). The van der Waals surface area contributed by atoms with E-state index in [4.69, 9.17) is 0 Å². The van der Waals surface area contributed by atoms with E-state index in [9.17, 15) is 14.4 Å². The summed E-state index contributed by atoms with van der Waals surface area (Å²) in [4.78, 5) is 43.1. The highest BCUT2D eigenvalue weighted by molar-refractivity contribution is 6.09. The van der Waals surface area contributed by atoms with Gasteiger partial charge in [-0.1, -0.05) is 48.5 Å². The van der Waals surface area contributed by atoms with Crippen LogP contribution in [0.2, 0.25) is 0 Å². The number of nitrogens with zero attached hydrogens (tertiary/aromatic N) is 2. The molecule has 2 unspecified atom stereocenters. The van der Waals surface area contributed by atoms with Gasteiger partial charge < -0.3 is 10.6 Å². The Balaban J connectivity index is 1.49. The molecule has 1 saturated heterocycles. The molecule has 0 aliphatic carbocycles. The highest BCUT2D eigenvalue weighted by atomic mass is 16.2. The molecule has 2 atom stereocenters. The van der Waals surface area contributed by atoms with Crippen LogP contribution in [0.25, 0.3) is 10.8 Å². The van der Waals surface area contributed by atoms with E-state index in [0.717, 1.165) is 21.2 Å². The Kier molecular flexibility index (Phi) is 4.95. The first-order chi connectivity index (χ1) is 14.4. The lowest BCUT2D eigenvalue weighted by molar-refractivity contribution is -0.135. The van der Waals surface area contributed by atoms with Gasteiger partial charge >= 0.3 is 6.03 Å². The monoisotopic (exact) mass is 402 g/mol. The summed E-state index contributed by atoms with van der Waals surface area (Å²) in [6.07, 6.45) is 1.56. The number of carbonyl (C=O) groups is 3. The van der Waals surface area contributed by atoms with Gasteiger partial charge in [-0.2, -0.15) is 0 Å². The maximum Gasteiger partial charge on any atom is 0.325 e. The molecule has 7 heteroatoms. The smallest absolute Gasteiger partial charge is 0.325 e. The molecule has 1 aliphatic rings. The van der Waals surface area contributed by atoms with Crippen LogP contribution in [0.1, 0.15) is 31.1 Å². The SMILES string of the molecule is CC(NC(=O)CN1C(=O)NC(C)(c2ccccn2)C1=O)c1cccc2ccccc12. The van der Waals surface area contributed by atoms with Crippen molar-refractivity contribution in [2.75, 3.05) is 6.54 Å². The van der Waals surface area contributed by atoms with Crippen LogP contribution in [0.3, 0.4) is 0 Å². The van der Waals surface area contributed by atoms with E-state index in [1.807, 2.05) is 49.4 Å². The lowest BCUT2D eigenvalue weighted by atomic mass is 9.97. The predicted molar refractivity (Wildman–Crippen MR) is 112 cm³/mol. The minimum absolute atomic E-state index is 0.286. The highest BCUT2D eigenvalue weighted by Gasteiger charge is 2.50. The number of carbonyl (C=O) groups excluding carboxylic acids is 3. The Morgan fingerprint density at radius 3 is 2.60 bits per heavy atom. The van der Waals surface area contributed by atoms with Gasteiger partial charge in [-0.15, -0.1) is 0 Å². The quantitative estimate of drug-likeness (QED) is 0.642. The zero-order chi connectivity index (χ0) is 21.3. The summed E-state index contributed by atoms with van der Waals surface area (Å²) in [6.45, 7) is 3.11. The van der Waals surface area contributed by atoms with Crippen LogP contribution < -0.4 is 10.6 Å². The van der Waals surface area contributed by atoms with E-state index >= 15 is 0 Å². The van der Waals surface area contributed by atoms with Crippen molar-refractivity contribution in [3.05, 3.63) is 78.1 Å². The molecule has 2 aromatic carbocycles. The number of hydrogen-bond acceptors (Lipinski definition) is 4. The van der Waals surface area contributed by atoms with E-state index in [1.165, 1.54) is 0 Å². The second-order valence-electron chi connectivity index (χ2n) is 7.52. The number of urea groups is 1. The Morgan fingerprint density at radius 1 is 1.10 bits per heavy atom. The number of hydrogen-bond donors (Lipinski definition) is 2. The van der Waals surface area contributed by atoms with Crippen molar-refractivity contribution < 1.29 is 14.4 Å². The molecule has 1 aliphatic heterocycles. The molecular formula is C23H22N4O3. The maximum absolute atomic E-state index is 12.9. The molecule has 7 nitrogen and oxygen atoms in total. The molecule has 0 bridgehead atoms. The summed E-state index contributed by atoms with van der Waals surface area (Å²) < 4.78 is 0. The van der Waals surface area contributed by atoms with Gasteiger partial charge in [0, 0.05) is 6.20 Å². The minimum Gasteiger partial charge on any atom is -0.348 e. The zero-order valence-electron chi connectivity index (χ0n) is 16.8. The molecule has 0 saturated carbocycles. The average Bonchev–Trinajstić information content (AvgIpc) is 2.97. The summed E-state index contributed by atoms with van der Waals surface area (Å²) in [5, 5.41) is 7.68. The predicted octanol–water partition coefficient (Wildman–Crippen LogP) is 2.88. The van der Waals surface area contributed by atoms with Crippen molar-refractivity contribution in [1.82, 2.24) is 20.5 Å². The van der Waals surface area contributed by atoms with Gasteiger partial charge in [0.25, 0.3) is 5.91 Å². The van der Waals surface area contributed by atoms with Crippen molar-refractivity contribution in [3.8, 4) is 0 Å². The van der Waals surface area contributed by atoms with Gasteiger partial charge in [0.1, 0.15) is 6.54 Å². The Hall–Kier alpha value is -3.74. The first kappa shape index (κ1) is 19.6. The minimum atomic E-state index is -1.29. The fourth-order valence-corrected chi connectivity index (χ4v) is 3.81. The van der Waals surface area contributed by atoms with Crippen LogP contribution in [0.15, 0.2) is 66.9 Å². The number of amides is 4. The maximum atomic E-state index is 12.9. The van der Waals surface area contributed by atoms with Crippen molar-refractivity contribution in [3.63, 3.8) is 0 Å². The largest absolute Gasteiger partial charge is 0.348 e. The summed E-state index contributed by atoms with van der Waals surface area (Å²) in [5.41, 5.74) is 0.104. The van der Waals surface area contributed by atoms with E-state index in [1.54, 1.807) is 31.3 Å². The summed E-state index contributed by atoms with van der Waals surface area (Å²) in [5.74, 6) is -0.914. The molecule has 152 valence electrons. The van der Waals surface area contributed by atoms with Gasteiger partial charge in [-0.25, -0.2) is 4.79 Å². The lowest BCUT2D eigenvalue weighted by Crippen LogP contribution is -2.44. The number of nitrogens with one attached hydrogen (secondary N) is 2. The number of rotatable bonds is 5. The van der Waals surface area contributed by atoms with E-state index in [0.29, 0.717) is 5.69 Å². The average molecular weight is 402 g/mol. The summed E-state index contributed by atoms with van der Waals surface area (Å²) >= 11 is 0. The van der Waals surface area contributed by atoms with Crippen molar-refractivity contribution >= 4 is 28.6 Å². The molecule has 1 aromatic heterocycles. The molecule has 0 radical (unpaired) electrons. The second kappa shape index (κ2) is 7.59. The van der Waals surface area contributed by atoms with Crippen LogP contribution in [0.4, 0.5) is 4.79 Å². The lowest BCUT2D eigenvalue weighted by Gasteiger charge is -2.21. The van der Waals surface area contributed by atoms with E-state index < -0.39 is 23.4 Å². The fraction of sp³-hybridized carbons (Fsp3) is 0.217. The third kappa shape index (κ3) is 3.39. The molecule has 1 fully saturated rings. The van der Waals surface area contributed by atoms with Crippen LogP contribution in [-0.2, 0) is 15.1 Å². The van der Waals surface area contributed by atoms with Crippen LogP contribution >= 0.6 is 0 Å². The molecule has 0 spiro atoms. The molecule has 30 heavy (non-hydrogen) atoms. The number of imide groups is 1. The molecule has 4 amide bonds. The van der Waals surface area contributed by atoms with Crippen molar-refractivity contribution in [1.29, 1.82) is 0 Å². The van der Waals surface area contributed by atoms with Crippen molar-refractivity contribution in [2.24, 2.45) is 0 Å². The topological polar surface area (TPSA) is 91.4 Å². The van der Waals surface area contributed by atoms with Gasteiger partial charge in [-0.05, 0) is 42.3 Å². The fourth-order valence-electron chi connectivity index (χ4n) is 3.81. The summed E-state index contributed by atoms with van der Waals surface area (Å²) in [6, 6.07) is 18.1. The van der Waals surface area contributed by atoms with Crippen LogP contribution in [0, 0.1) is 0 Å². The van der Waals surface area contributed by atoms with Crippen molar-refractivity contribution in [2.45, 2.75) is 25.4 Å². The number of aromatic nitrogens is 1. The Bertz CT molecular complexity index is 1130. The Labute approximate surface area is 174 Å². The highest BCUT2D eigenvalue weighted by Crippen LogP contribution is 2.27. The first-order valence-corrected chi connectivity index (χ1v) is 9.73. The van der Waals surface area contributed by atoms with E-state index in [-0.39, 0.29) is 12.6 Å². The van der Waals surface area contributed by atoms with Gasteiger partial charge in [0.15, 0.2) is 5.54 Å². The van der Waals surface area contributed by atoms with Gasteiger partial charge in [-0.3, -0.25) is 19.5 Å². The molecule has 3 aromatic rings. The van der Waals surface area contributed by atoms with E-state index in [2.05, 4.69) is 15.6 Å². The standard InChI is InChI=1S/C23H22N4O3/c1-15(17-11-7-9-16-8-3-4-10-18(16)17)25-20(28)14-27-21(29)23(2,26-22(27)30)19-12-5-6-13-24-19/h3-13,15H,14H2,1-2H3,(H,25,28)(H,26,30). The number of benzene rings is 2. The van der Waals surface area contributed by atoms with Crippen LogP contribution in [-0.4, -0.2) is 34.3 Å². The third-order valence-corrected chi connectivity index (χ3v) is 5.42. The van der Waals surface area contributed by atoms with Crippen LogP contribution in [0.5, 0.6) is 0 Å². The first-order valence-electron chi connectivity index (χ1n) is 9.73. The number of fused-ring (bicyclic) bond motifs is 1. The number of pyridine rings is 1. The molecular weight excluding hydrogens is 380 g/mol. The molecule has 2 heterocycles.